The van der Waals surface area contributed by atoms with Gasteiger partial charge in [-0.05, 0) is 48.9 Å². The fourth-order valence-electron chi connectivity index (χ4n) is 3.58. The van der Waals surface area contributed by atoms with Gasteiger partial charge in [-0.25, -0.2) is 4.98 Å². The van der Waals surface area contributed by atoms with Crippen molar-refractivity contribution < 1.29 is 9.53 Å². The van der Waals surface area contributed by atoms with Gasteiger partial charge in [-0.2, -0.15) is 5.10 Å². The lowest BCUT2D eigenvalue weighted by Crippen LogP contribution is -2.33. The SMILES string of the molecule is O=C(NCc1ccnc(OC2CCCC2)c1)C(c1ccccc1)n1cccn1. The second-order valence-electron chi connectivity index (χ2n) is 7.04. The first kappa shape index (κ1) is 18.2. The molecular formula is C22H24N4O2. The van der Waals surface area contributed by atoms with E-state index in [0.717, 1.165) is 24.0 Å². The lowest BCUT2D eigenvalue weighted by atomic mass is 10.1. The summed E-state index contributed by atoms with van der Waals surface area (Å²) in [5.74, 6) is 0.523. The van der Waals surface area contributed by atoms with Crippen LogP contribution in [0.4, 0.5) is 0 Å². The van der Waals surface area contributed by atoms with Crippen LogP contribution in [0.5, 0.6) is 5.88 Å². The molecule has 1 aliphatic rings. The number of ether oxygens (including phenoxy) is 1. The number of benzene rings is 1. The van der Waals surface area contributed by atoms with Crippen LogP contribution in [0.2, 0.25) is 0 Å². The molecule has 2 aromatic heterocycles. The Morgan fingerprint density at radius 2 is 1.96 bits per heavy atom. The molecule has 1 atom stereocenters. The molecule has 1 aromatic carbocycles. The van der Waals surface area contributed by atoms with E-state index < -0.39 is 6.04 Å². The third kappa shape index (κ3) is 4.39. The van der Waals surface area contributed by atoms with Crippen molar-refractivity contribution in [3.63, 3.8) is 0 Å². The molecule has 0 bridgehead atoms. The second-order valence-corrected chi connectivity index (χ2v) is 7.04. The van der Waals surface area contributed by atoms with E-state index >= 15 is 0 Å². The molecule has 3 aromatic rings. The predicted octanol–water partition coefficient (Wildman–Crippen LogP) is 3.51. The summed E-state index contributed by atoms with van der Waals surface area (Å²) in [5.41, 5.74) is 1.85. The molecule has 0 spiro atoms. The van der Waals surface area contributed by atoms with Gasteiger partial charge in [-0.1, -0.05) is 30.3 Å². The maximum absolute atomic E-state index is 13.0. The summed E-state index contributed by atoms with van der Waals surface area (Å²) >= 11 is 0. The quantitative estimate of drug-likeness (QED) is 0.685. The van der Waals surface area contributed by atoms with Crippen LogP contribution in [0.15, 0.2) is 67.1 Å². The molecule has 6 heteroatoms. The molecule has 0 radical (unpaired) electrons. The van der Waals surface area contributed by atoms with Gasteiger partial charge in [0.25, 0.3) is 0 Å². The number of hydrogen-bond acceptors (Lipinski definition) is 4. The van der Waals surface area contributed by atoms with Gasteiger partial charge in [-0.15, -0.1) is 0 Å². The van der Waals surface area contributed by atoms with E-state index in [-0.39, 0.29) is 12.0 Å². The van der Waals surface area contributed by atoms with Crippen molar-refractivity contribution in [3.8, 4) is 5.88 Å². The Hall–Kier alpha value is -3.15. The molecule has 0 aliphatic heterocycles. The van der Waals surface area contributed by atoms with E-state index in [1.165, 1.54) is 12.8 Å². The van der Waals surface area contributed by atoms with Crippen LogP contribution < -0.4 is 10.1 Å². The fraction of sp³-hybridized carbons (Fsp3) is 0.318. The van der Waals surface area contributed by atoms with Gasteiger partial charge in [0, 0.05) is 31.2 Å². The Labute approximate surface area is 164 Å². The number of rotatable bonds is 7. The van der Waals surface area contributed by atoms with Crippen molar-refractivity contribution in [2.45, 2.75) is 44.4 Å². The zero-order valence-corrected chi connectivity index (χ0v) is 15.7. The number of carbonyl (C=O) groups is 1. The van der Waals surface area contributed by atoms with Crippen molar-refractivity contribution in [2.24, 2.45) is 0 Å². The minimum Gasteiger partial charge on any atom is -0.474 e. The number of aromatic nitrogens is 3. The smallest absolute Gasteiger partial charge is 0.249 e. The van der Waals surface area contributed by atoms with Gasteiger partial charge in [0.2, 0.25) is 11.8 Å². The molecular weight excluding hydrogens is 352 g/mol. The minimum atomic E-state index is -0.507. The lowest BCUT2D eigenvalue weighted by Gasteiger charge is -2.18. The van der Waals surface area contributed by atoms with Crippen LogP contribution in [-0.4, -0.2) is 26.8 Å². The Kier molecular flexibility index (Phi) is 5.66. The topological polar surface area (TPSA) is 69.0 Å². The van der Waals surface area contributed by atoms with E-state index in [0.29, 0.717) is 12.4 Å². The molecule has 1 fully saturated rings. The van der Waals surface area contributed by atoms with Gasteiger partial charge in [0.15, 0.2) is 6.04 Å². The summed E-state index contributed by atoms with van der Waals surface area (Å²) < 4.78 is 7.63. The van der Waals surface area contributed by atoms with E-state index in [4.69, 9.17) is 4.74 Å². The Balaban J connectivity index is 1.44. The highest BCUT2D eigenvalue weighted by atomic mass is 16.5. The van der Waals surface area contributed by atoms with E-state index in [1.807, 2.05) is 48.5 Å². The first-order valence-corrected chi connectivity index (χ1v) is 9.73. The maximum atomic E-state index is 13.0. The fourth-order valence-corrected chi connectivity index (χ4v) is 3.58. The number of carbonyl (C=O) groups excluding carboxylic acids is 1. The zero-order chi connectivity index (χ0) is 19.2. The highest BCUT2D eigenvalue weighted by Crippen LogP contribution is 2.23. The number of hydrogen-bond donors (Lipinski definition) is 1. The van der Waals surface area contributed by atoms with Crippen molar-refractivity contribution in [1.29, 1.82) is 0 Å². The largest absolute Gasteiger partial charge is 0.474 e. The molecule has 28 heavy (non-hydrogen) atoms. The highest BCUT2D eigenvalue weighted by molar-refractivity contribution is 5.83. The normalized spacial score (nSPS) is 15.3. The predicted molar refractivity (Wildman–Crippen MR) is 106 cm³/mol. The minimum absolute atomic E-state index is 0.107. The summed E-state index contributed by atoms with van der Waals surface area (Å²) in [7, 11) is 0. The van der Waals surface area contributed by atoms with E-state index in [9.17, 15) is 4.79 Å². The summed E-state index contributed by atoms with van der Waals surface area (Å²) in [5, 5.41) is 7.29. The number of pyridine rings is 1. The van der Waals surface area contributed by atoms with Crippen molar-refractivity contribution in [1.82, 2.24) is 20.1 Å². The Bertz CT molecular complexity index is 890. The first-order chi connectivity index (χ1) is 13.8. The third-order valence-electron chi connectivity index (χ3n) is 5.01. The maximum Gasteiger partial charge on any atom is 0.249 e. The number of amides is 1. The number of nitrogens with zero attached hydrogens (tertiary/aromatic N) is 3. The third-order valence-corrected chi connectivity index (χ3v) is 5.01. The van der Waals surface area contributed by atoms with Crippen LogP contribution in [-0.2, 0) is 11.3 Å². The van der Waals surface area contributed by atoms with Gasteiger partial charge < -0.3 is 10.1 Å². The molecule has 1 unspecified atom stereocenters. The first-order valence-electron chi connectivity index (χ1n) is 9.73. The highest BCUT2D eigenvalue weighted by Gasteiger charge is 2.22. The van der Waals surface area contributed by atoms with Gasteiger partial charge >= 0.3 is 0 Å². The van der Waals surface area contributed by atoms with Crippen molar-refractivity contribution in [2.75, 3.05) is 0 Å². The summed E-state index contributed by atoms with van der Waals surface area (Å²) in [4.78, 5) is 17.3. The van der Waals surface area contributed by atoms with Gasteiger partial charge in [0.1, 0.15) is 6.10 Å². The van der Waals surface area contributed by atoms with Gasteiger partial charge in [-0.3, -0.25) is 9.48 Å². The van der Waals surface area contributed by atoms with Crippen LogP contribution in [0.1, 0.15) is 42.9 Å². The average molecular weight is 376 g/mol. The molecule has 0 saturated heterocycles. The van der Waals surface area contributed by atoms with E-state index in [2.05, 4.69) is 15.4 Å². The molecule has 6 nitrogen and oxygen atoms in total. The standard InChI is InChI=1S/C22H24N4O2/c27-22(21(26-14-6-12-25-26)18-7-2-1-3-8-18)24-16-17-11-13-23-20(15-17)28-19-9-4-5-10-19/h1-3,6-8,11-15,19,21H,4-5,9-10,16H2,(H,24,27). The number of nitrogens with one attached hydrogen (secondary N) is 1. The summed E-state index contributed by atoms with van der Waals surface area (Å²) in [6, 6.07) is 14.8. The molecule has 4 rings (SSSR count). The van der Waals surface area contributed by atoms with Gasteiger partial charge in [0.05, 0.1) is 0 Å². The van der Waals surface area contributed by atoms with Crippen LogP contribution >= 0.6 is 0 Å². The monoisotopic (exact) mass is 376 g/mol. The van der Waals surface area contributed by atoms with Crippen LogP contribution in [0, 0.1) is 0 Å². The zero-order valence-electron chi connectivity index (χ0n) is 15.7. The van der Waals surface area contributed by atoms with Crippen LogP contribution in [0.25, 0.3) is 0 Å². The molecule has 2 heterocycles. The van der Waals surface area contributed by atoms with E-state index in [1.54, 1.807) is 23.3 Å². The molecule has 1 saturated carbocycles. The van der Waals surface area contributed by atoms with Crippen molar-refractivity contribution in [3.05, 3.63) is 78.2 Å². The molecule has 144 valence electrons. The average Bonchev–Trinajstić information content (AvgIpc) is 3.42. The van der Waals surface area contributed by atoms with Crippen LogP contribution in [0.3, 0.4) is 0 Å². The molecule has 1 amide bonds. The lowest BCUT2D eigenvalue weighted by molar-refractivity contribution is -0.123. The molecule has 1 N–H and O–H groups in total. The summed E-state index contributed by atoms with van der Waals surface area (Å²) in [6.45, 7) is 0.410. The second kappa shape index (κ2) is 8.69. The summed E-state index contributed by atoms with van der Waals surface area (Å²) in [6.07, 6.45) is 10.1. The van der Waals surface area contributed by atoms with Crippen molar-refractivity contribution >= 4 is 5.91 Å². The molecule has 1 aliphatic carbocycles. The Morgan fingerprint density at radius 1 is 1.14 bits per heavy atom. The Morgan fingerprint density at radius 3 is 2.71 bits per heavy atom.